The first-order chi connectivity index (χ1) is 9.09. The van der Waals surface area contributed by atoms with Gasteiger partial charge in [0, 0.05) is 19.5 Å². The number of carbonyl (C=O) groups is 2. The highest BCUT2D eigenvalue weighted by molar-refractivity contribution is 6.63. The van der Waals surface area contributed by atoms with Crippen molar-refractivity contribution in [3.05, 3.63) is 35.9 Å². The molecule has 0 aliphatic heterocycles. The lowest BCUT2D eigenvalue weighted by Crippen LogP contribution is -2.32. The van der Waals surface area contributed by atoms with Crippen LogP contribution in [0.15, 0.2) is 30.3 Å². The number of carbonyl (C=O) groups excluding carboxylic acids is 1. The molecule has 0 spiro atoms. The van der Waals surface area contributed by atoms with Crippen molar-refractivity contribution in [1.82, 2.24) is 4.90 Å². The predicted molar refractivity (Wildman–Crippen MR) is 74.5 cm³/mol. The van der Waals surface area contributed by atoms with E-state index in [4.69, 9.17) is 16.7 Å². The molecule has 0 bridgehead atoms. The zero-order valence-electron chi connectivity index (χ0n) is 10.7. The second kappa shape index (κ2) is 8.53. The molecule has 0 heterocycles. The lowest BCUT2D eigenvalue weighted by atomic mass is 10.1. The van der Waals surface area contributed by atoms with Crippen LogP contribution in [0.2, 0.25) is 0 Å². The van der Waals surface area contributed by atoms with Gasteiger partial charge in [-0.1, -0.05) is 30.3 Å². The largest absolute Gasteiger partial charge is 0.465 e. The molecule has 1 amide bonds. The summed E-state index contributed by atoms with van der Waals surface area (Å²) in [5.41, 5.74) is 1.12. The van der Waals surface area contributed by atoms with Gasteiger partial charge in [-0.25, -0.2) is 4.79 Å². The number of hydrogen-bond donors (Lipinski definition) is 1. The van der Waals surface area contributed by atoms with Crippen LogP contribution in [0.25, 0.3) is 0 Å². The number of nitrogens with zero attached hydrogens (tertiary/aromatic N) is 1. The van der Waals surface area contributed by atoms with E-state index in [2.05, 4.69) is 0 Å². The summed E-state index contributed by atoms with van der Waals surface area (Å²) in [6, 6.07) is 9.76. The van der Waals surface area contributed by atoms with Gasteiger partial charge >= 0.3 is 6.09 Å². The molecule has 0 saturated heterocycles. The number of halogens is 1. The summed E-state index contributed by atoms with van der Waals surface area (Å²) < 4.78 is 0. The second-order valence-corrected chi connectivity index (χ2v) is 4.74. The Hall–Kier alpha value is -1.55. The number of unbranched alkanes of at least 4 members (excludes halogenated alkanes) is 1. The topological polar surface area (TPSA) is 57.6 Å². The smallest absolute Gasteiger partial charge is 0.407 e. The average molecular weight is 284 g/mol. The summed E-state index contributed by atoms with van der Waals surface area (Å²) in [6.45, 7) is 0.903. The summed E-state index contributed by atoms with van der Waals surface area (Å²) in [7, 11) is 0. The van der Waals surface area contributed by atoms with Gasteiger partial charge in [-0.05, 0) is 36.4 Å². The van der Waals surface area contributed by atoms with Crippen LogP contribution in [-0.4, -0.2) is 34.4 Å². The SMILES string of the molecule is O=C(Cl)CCCCN(CCc1ccccc1)C(=O)O. The van der Waals surface area contributed by atoms with E-state index in [9.17, 15) is 9.59 Å². The maximum absolute atomic E-state index is 11.1. The maximum Gasteiger partial charge on any atom is 0.407 e. The second-order valence-electron chi connectivity index (χ2n) is 4.32. The minimum atomic E-state index is -0.923. The molecular weight excluding hydrogens is 266 g/mol. The van der Waals surface area contributed by atoms with Gasteiger partial charge in [0.15, 0.2) is 0 Å². The minimum absolute atomic E-state index is 0.299. The van der Waals surface area contributed by atoms with Crippen molar-refractivity contribution < 1.29 is 14.7 Å². The molecule has 1 aromatic carbocycles. The van der Waals surface area contributed by atoms with Crippen LogP contribution in [0.1, 0.15) is 24.8 Å². The molecule has 1 rings (SSSR count). The summed E-state index contributed by atoms with van der Waals surface area (Å²) in [5, 5.41) is 8.72. The van der Waals surface area contributed by atoms with Crippen LogP contribution in [-0.2, 0) is 11.2 Å². The molecule has 4 nitrogen and oxygen atoms in total. The summed E-state index contributed by atoms with van der Waals surface area (Å²) in [6.07, 6.45) is 1.35. The Kier molecular flexibility index (Phi) is 6.97. The van der Waals surface area contributed by atoms with Gasteiger partial charge in [0.25, 0.3) is 0 Å². The van der Waals surface area contributed by atoms with E-state index in [1.165, 1.54) is 4.90 Å². The zero-order valence-corrected chi connectivity index (χ0v) is 11.5. The Labute approximate surface area is 118 Å². The van der Waals surface area contributed by atoms with Gasteiger partial charge in [-0.15, -0.1) is 0 Å². The monoisotopic (exact) mass is 283 g/mol. The van der Waals surface area contributed by atoms with Crippen molar-refractivity contribution in [2.45, 2.75) is 25.7 Å². The molecule has 0 fully saturated rings. The minimum Gasteiger partial charge on any atom is -0.465 e. The highest BCUT2D eigenvalue weighted by atomic mass is 35.5. The third kappa shape index (κ3) is 6.82. The fourth-order valence-electron chi connectivity index (χ4n) is 1.78. The first-order valence-electron chi connectivity index (χ1n) is 6.29. The first kappa shape index (κ1) is 15.5. The van der Waals surface area contributed by atoms with Crippen LogP contribution in [0, 0.1) is 0 Å². The summed E-state index contributed by atoms with van der Waals surface area (Å²) in [5.74, 6) is 0. The van der Waals surface area contributed by atoms with E-state index in [0.29, 0.717) is 38.8 Å². The van der Waals surface area contributed by atoms with E-state index in [-0.39, 0.29) is 5.24 Å². The molecule has 104 valence electrons. The van der Waals surface area contributed by atoms with Gasteiger partial charge in [0.1, 0.15) is 0 Å². The zero-order chi connectivity index (χ0) is 14.1. The fourth-order valence-corrected chi connectivity index (χ4v) is 1.91. The Morgan fingerprint density at radius 1 is 1.11 bits per heavy atom. The van der Waals surface area contributed by atoms with Crippen LogP contribution >= 0.6 is 11.6 Å². The van der Waals surface area contributed by atoms with E-state index in [1.807, 2.05) is 30.3 Å². The van der Waals surface area contributed by atoms with Gasteiger partial charge in [-0.2, -0.15) is 0 Å². The Morgan fingerprint density at radius 3 is 2.37 bits per heavy atom. The normalized spacial score (nSPS) is 10.2. The van der Waals surface area contributed by atoms with Crippen molar-refractivity contribution in [2.75, 3.05) is 13.1 Å². The highest BCUT2D eigenvalue weighted by Gasteiger charge is 2.11. The third-order valence-corrected chi connectivity index (χ3v) is 3.02. The van der Waals surface area contributed by atoms with Crippen LogP contribution in [0.5, 0.6) is 0 Å². The van der Waals surface area contributed by atoms with Gasteiger partial charge in [0.2, 0.25) is 5.24 Å². The Balaban J connectivity index is 2.32. The number of benzene rings is 1. The molecule has 0 aromatic heterocycles. The third-order valence-electron chi connectivity index (χ3n) is 2.84. The standard InChI is InChI=1S/C14H18ClNO3/c15-13(17)8-4-5-10-16(14(18)19)11-9-12-6-2-1-3-7-12/h1-3,6-7H,4-5,8-11H2,(H,18,19). The highest BCUT2D eigenvalue weighted by Crippen LogP contribution is 2.05. The fraction of sp³-hybridized carbons (Fsp3) is 0.429. The molecule has 5 heteroatoms. The summed E-state index contributed by atoms with van der Waals surface area (Å²) in [4.78, 5) is 23.0. The van der Waals surface area contributed by atoms with Crippen molar-refractivity contribution >= 4 is 22.9 Å². The molecule has 1 N–H and O–H groups in total. The van der Waals surface area contributed by atoms with Gasteiger partial charge in [-0.3, -0.25) is 4.79 Å². The molecule has 0 saturated carbocycles. The maximum atomic E-state index is 11.1. The molecule has 0 aliphatic rings. The predicted octanol–water partition coefficient (Wildman–Crippen LogP) is 3.14. The molecule has 0 unspecified atom stereocenters. The lowest BCUT2D eigenvalue weighted by Gasteiger charge is -2.18. The number of rotatable bonds is 8. The molecule has 0 aliphatic carbocycles. The molecule has 0 atom stereocenters. The van der Waals surface area contributed by atoms with Gasteiger partial charge < -0.3 is 10.0 Å². The van der Waals surface area contributed by atoms with Gasteiger partial charge in [0.05, 0.1) is 0 Å². The van der Waals surface area contributed by atoms with Crippen LogP contribution < -0.4 is 0 Å². The van der Waals surface area contributed by atoms with Crippen LogP contribution in [0.4, 0.5) is 4.79 Å². The summed E-state index contributed by atoms with van der Waals surface area (Å²) >= 11 is 5.23. The van der Waals surface area contributed by atoms with Crippen molar-refractivity contribution in [2.24, 2.45) is 0 Å². The molecule has 1 aromatic rings. The quantitative estimate of drug-likeness (QED) is 0.589. The van der Waals surface area contributed by atoms with Crippen molar-refractivity contribution in [3.63, 3.8) is 0 Å². The number of amides is 1. The van der Waals surface area contributed by atoms with Crippen molar-refractivity contribution in [1.29, 1.82) is 0 Å². The molecule has 0 radical (unpaired) electrons. The average Bonchev–Trinajstić information content (AvgIpc) is 2.38. The molecular formula is C14H18ClNO3. The van der Waals surface area contributed by atoms with E-state index < -0.39 is 6.09 Å². The number of hydrogen-bond acceptors (Lipinski definition) is 2. The Bertz CT molecular complexity index is 408. The number of carboxylic acid groups (broad SMARTS) is 1. The lowest BCUT2D eigenvalue weighted by molar-refractivity contribution is -0.111. The van der Waals surface area contributed by atoms with E-state index >= 15 is 0 Å². The van der Waals surface area contributed by atoms with E-state index in [0.717, 1.165) is 5.56 Å². The Morgan fingerprint density at radius 2 is 1.79 bits per heavy atom. The van der Waals surface area contributed by atoms with Crippen LogP contribution in [0.3, 0.4) is 0 Å². The van der Waals surface area contributed by atoms with E-state index in [1.54, 1.807) is 0 Å². The first-order valence-corrected chi connectivity index (χ1v) is 6.67. The van der Waals surface area contributed by atoms with Crippen molar-refractivity contribution in [3.8, 4) is 0 Å². The molecule has 19 heavy (non-hydrogen) atoms.